The predicted octanol–water partition coefficient (Wildman–Crippen LogP) is 6.05. The second kappa shape index (κ2) is 18.7. The maximum atomic E-state index is 15.4. The number of aromatic nitrogens is 6. The van der Waals surface area contributed by atoms with Crippen molar-refractivity contribution < 1.29 is 23.2 Å². The number of hydrogen-bond acceptors (Lipinski definition) is 12. The number of rotatable bonds is 12. The highest BCUT2D eigenvalue weighted by Gasteiger charge is 2.41. The zero-order valence-corrected chi connectivity index (χ0v) is 37.8. The van der Waals surface area contributed by atoms with Crippen LogP contribution in [0.5, 0.6) is 0 Å². The normalized spacial score (nSPS) is 24.5. The van der Waals surface area contributed by atoms with E-state index < -0.39 is 17.6 Å². The number of benzene rings is 1. The van der Waals surface area contributed by atoms with Crippen molar-refractivity contribution in [3.05, 3.63) is 72.7 Å². The third-order valence-corrected chi connectivity index (χ3v) is 15.2. The van der Waals surface area contributed by atoms with E-state index >= 15 is 4.39 Å². The lowest BCUT2D eigenvalue weighted by Crippen LogP contribution is -2.51. The van der Waals surface area contributed by atoms with E-state index in [2.05, 4.69) is 59.6 Å². The summed E-state index contributed by atoms with van der Waals surface area (Å²) in [5, 5.41) is 27.9. The number of nitrogens with one attached hydrogen (secondary N) is 3. The number of alkyl halides is 1. The van der Waals surface area contributed by atoms with Gasteiger partial charge in [-0.3, -0.25) is 29.3 Å². The van der Waals surface area contributed by atoms with Crippen LogP contribution in [-0.4, -0.2) is 116 Å². The maximum absolute atomic E-state index is 15.4. The highest BCUT2D eigenvalue weighted by Crippen LogP contribution is 2.39. The minimum Gasteiger partial charge on any atom is -0.374 e. The molecule has 67 heavy (non-hydrogen) atoms. The Morgan fingerprint density at radius 1 is 0.910 bits per heavy atom. The van der Waals surface area contributed by atoms with Crippen LogP contribution >= 0.6 is 0 Å². The Bertz CT molecular complexity index is 2670. The fourth-order valence-electron chi connectivity index (χ4n) is 10.9. The fraction of sp³-hybridized carbons (Fsp3) is 0.510. The number of nitrogens with zero attached hydrogens (tertiary/aromatic N) is 10. The standard InChI is InChI=1S/C49H57F2N13O3/c1-2-49(48(67)54-25-31-21-35(50)22-31)13-15-62(16-14-49)43-11-3-32(26-53-43)45-46-33(24-52)27-56-64(46)30-41(58-45)34-28-55-63(29-34)38-7-5-37(6-8-38)60-17-19-61(20-18-60)42-10-4-36(23-39(42)51)57-40-9-12-44(65)59-47(40)66/h3-4,10-11,23,26-31,35,37-38,40,57H,2,5-9,12-22,25H2,1H3,(H,54,67)(H,59,65,66)/t31-,35-,37-,38-,40?. The third kappa shape index (κ3) is 9.05. The Morgan fingerprint density at radius 2 is 1.69 bits per heavy atom. The van der Waals surface area contributed by atoms with Crippen molar-refractivity contribution in [3.8, 4) is 28.6 Å². The number of carbonyl (C=O) groups is 3. The van der Waals surface area contributed by atoms with Crippen molar-refractivity contribution in [1.82, 2.24) is 44.9 Å². The van der Waals surface area contributed by atoms with Gasteiger partial charge in [0.15, 0.2) is 0 Å². The predicted molar refractivity (Wildman–Crippen MR) is 248 cm³/mol. The monoisotopic (exact) mass is 913 g/mol. The first-order valence-electron chi connectivity index (χ1n) is 23.9. The lowest BCUT2D eigenvalue weighted by Gasteiger charge is -2.42. The van der Waals surface area contributed by atoms with Crippen LogP contribution in [0.3, 0.4) is 0 Å². The van der Waals surface area contributed by atoms with E-state index in [9.17, 15) is 24.0 Å². The topological polar surface area (TPSA) is 182 Å². The molecular formula is C49H57F2N13O3. The molecule has 2 aliphatic carbocycles. The van der Waals surface area contributed by atoms with Crippen LogP contribution in [0.15, 0.2) is 61.3 Å². The number of piperidine rings is 2. The Balaban J connectivity index is 0.749. The molecular weight excluding hydrogens is 857 g/mol. The van der Waals surface area contributed by atoms with Crippen LogP contribution in [0.2, 0.25) is 0 Å². The van der Waals surface area contributed by atoms with Gasteiger partial charge in [-0.05, 0) is 100 Å². The zero-order valence-electron chi connectivity index (χ0n) is 37.8. The maximum Gasteiger partial charge on any atom is 0.249 e. The Kier molecular flexibility index (Phi) is 12.4. The van der Waals surface area contributed by atoms with E-state index in [-0.39, 0.29) is 41.9 Å². The van der Waals surface area contributed by atoms with E-state index in [1.165, 1.54) is 6.07 Å². The summed E-state index contributed by atoms with van der Waals surface area (Å²) < 4.78 is 32.4. The average Bonchev–Trinajstić information content (AvgIpc) is 4.02. The molecule has 0 spiro atoms. The number of halogens is 2. The average molecular weight is 914 g/mol. The third-order valence-electron chi connectivity index (χ3n) is 15.2. The highest BCUT2D eigenvalue weighted by molar-refractivity contribution is 6.01. The quantitative estimate of drug-likeness (QED) is 0.124. The van der Waals surface area contributed by atoms with E-state index in [1.807, 2.05) is 24.5 Å². The minimum absolute atomic E-state index is 0.0785. The molecule has 4 aromatic heterocycles. The van der Waals surface area contributed by atoms with Crippen molar-refractivity contribution in [2.45, 2.75) is 102 Å². The van der Waals surface area contributed by atoms with Gasteiger partial charge in [-0.2, -0.15) is 15.5 Å². The van der Waals surface area contributed by atoms with Gasteiger partial charge in [0.05, 0.1) is 47.1 Å². The Morgan fingerprint density at radius 3 is 2.37 bits per heavy atom. The van der Waals surface area contributed by atoms with Gasteiger partial charge in [0.1, 0.15) is 41.0 Å². The van der Waals surface area contributed by atoms with Gasteiger partial charge in [0.25, 0.3) is 0 Å². The van der Waals surface area contributed by atoms with Gasteiger partial charge in [-0.15, -0.1) is 0 Å². The highest BCUT2D eigenvalue weighted by atomic mass is 19.1. The molecule has 16 nitrogen and oxygen atoms in total. The summed E-state index contributed by atoms with van der Waals surface area (Å²) in [6.45, 7) is 7.13. The van der Waals surface area contributed by atoms with E-state index in [0.29, 0.717) is 91.6 Å². The molecule has 7 heterocycles. The molecule has 0 radical (unpaired) electrons. The summed E-state index contributed by atoms with van der Waals surface area (Å²) >= 11 is 0. The van der Waals surface area contributed by atoms with Gasteiger partial charge in [-0.1, -0.05) is 6.92 Å². The largest absolute Gasteiger partial charge is 0.374 e. The van der Waals surface area contributed by atoms with Crippen LogP contribution in [-0.2, 0) is 14.4 Å². The number of piperazine rings is 1. The molecule has 5 aromatic rings. The molecule has 3 saturated heterocycles. The summed E-state index contributed by atoms with van der Waals surface area (Å²) in [5.41, 5.74) is 4.55. The van der Waals surface area contributed by atoms with Gasteiger partial charge in [-0.25, -0.2) is 23.3 Å². The number of pyridine rings is 1. The first-order valence-corrected chi connectivity index (χ1v) is 23.9. The van der Waals surface area contributed by atoms with Gasteiger partial charge >= 0.3 is 0 Å². The number of hydrogen-bond donors (Lipinski definition) is 3. The molecule has 10 rings (SSSR count). The molecule has 1 atom stereocenters. The lowest BCUT2D eigenvalue weighted by molar-refractivity contribution is -0.134. The first kappa shape index (κ1) is 44.4. The number of amides is 3. The van der Waals surface area contributed by atoms with E-state index in [0.717, 1.165) is 75.2 Å². The molecule has 5 aliphatic rings. The van der Waals surface area contributed by atoms with Crippen molar-refractivity contribution in [2.75, 3.05) is 60.9 Å². The number of carbonyl (C=O) groups excluding carboxylic acids is 3. The zero-order chi connectivity index (χ0) is 46.2. The molecule has 1 aromatic carbocycles. The Labute approximate surface area is 388 Å². The minimum atomic E-state index is -0.728. The number of anilines is 3. The van der Waals surface area contributed by atoms with Crippen LogP contribution < -0.4 is 25.8 Å². The summed E-state index contributed by atoms with van der Waals surface area (Å²) in [6, 6.07) is 11.3. The van der Waals surface area contributed by atoms with Crippen molar-refractivity contribution in [3.63, 3.8) is 0 Å². The number of fused-ring (bicyclic) bond motifs is 1. The second-order valence-electron chi connectivity index (χ2n) is 19.1. The molecule has 3 aliphatic heterocycles. The van der Waals surface area contributed by atoms with Gasteiger partial charge < -0.3 is 20.4 Å². The number of nitriles is 1. The molecule has 5 fully saturated rings. The molecule has 3 amide bonds. The summed E-state index contributed by atoms with van der Waals surface area (Å²) in [7, 11) is 0. The van der Waals surface area contributed by atoms with E-state index in [4.69, 9.17) is 15.1 Å². The van der Waals surface area contributed by atoms with Crippen LogP contribution in [0, 0.1) is 28.5 Å². The van der Waals surface area contributed by atoms with E-state index in [1.54, 1.807) is 29.0 Å². The smallest absolute Gasteiger partial charge is 0.249 e. The molecule has 18 heteroatoms. The molecule has 350 valence electrons. The number of imide groups is 1. The first-order chi connectivity index (χ1) is 32.6. The van der Waals surface area contributed by atoms with Gasteiger partial charge in [0.2, 0.25) is 17.7 Å². The summed E-state index contributed by atoms with van der Waals surface area (Å²) in [4.78, 5) is 53.8. The molecule has 2 saturated carbocycles. The van der Waals surface area contributed by atoms with Crippen LogP contribution in [0.4, 0.5) is 26.0 Å². The van der Waals surface area contributed by atoms with Gasteiger partial charge in [0, 0.05) is 87.5 Å². The lowest BCUT2D eigenvalue weighted by atomic mass is 9.75. The molecule has 1 unspecified atom stereocenters. The molecule has 0 bridgehead atoms. The second-order valence-corrected chi connectivity index (χ2v) is 19.1. The van der Waals surface area contributed by atoms with Crippen molar-refractivity contribution in [1.29, 1.82) is 5.26 Å². The fourth-order valence-corrected chi connectivity index (χ4v) is 10.9. The summed E-state index contributed by atoms with van der Waals surface area (Å²) in [6.07, 6.45) is 16.3. The van der Waals surface area contributed by atoms with Crippen LogP contribution in [0.1, 0.15) is 89.2 Å². The SMILES string of the molecule is CCC1(C(=O)NC[C@H]2C[C@H](F)C2)CCN(c2ccc(-c3nc(-c4cnn([C@H]5CC[C@H](N6CCN(c7ccc(NC8CCC(=O)NC8=O)cc7F)CC6)CC5)c4)cn4ncc(C#N)c34)cn2)CC1. The molecule has 3 N–H and O–H groups in total. The van der Waals surface area contributed by atoms with Crippen molar-refractivity contribution >= 4 is 40.4 Å². The van der Waals surface area contributed by atoms with Crippen LogP contribution in [0.25, 0.3) is 28.0 Å². The summed E-state index contributed by atoms with van der Waals surface area (Å²) in [5.74, 6) is 0.128. The Hall–Kier alpha value is -6.48. The van der Waals surface area contributed by atoms with Crippen molar-refractivity contribution in [2.24, 2.45) is 11.3 Å².